The molecule has 1 aromatic carbocycles. The highest BCUT2D eigenvalue weighted by Gasteiger charge is 2.48. The largest absolute Gasteiger partial charge is 0.420 e. The number of allylic oxidation sites excluding steroid dienone is 1. The minimum absolute atomic E-state index is 0.363. The third kappa shape index (κ3) is 4.95. The van der Waals surface area contributed by atoms with E-state index in [1.54, 1.807) is 18.5 Å². The van der Waals surface area contributed by atoms with E-state index in [4.69, 9.17) is 4.74 Å². The lowest BCUT2D eigenvalue weighted by molar-refractivity contribution is -0.129. The first kappa shape index (κ1) is 22.7. The van der Waals surface area contributed by atoms with Crippen molar-refractivity contribution >= 4 is 5.97 Å². The molecule has 0 amide bonds. The van der Waals surface area contributed by atoms with Crippen molar-refractivity contribution in [3.05, 3.63) is 54.4 Å². The maximum absolute atomic E-state index is 11.7. The fourth-order valence-electron chi connectivity index (χ4n) is 5.68. The van der Waals surface area contributed by atoms with Crippen molar-refractivity contribution in [1.82, 2.24) is 9.97 Å². The Morgan fingerprint density at radius 3 is 2.22 bits per heavy atom. The Kier molecular flexibility index (Phi) is 7.07. The SMILES string of the molecule is CC/C=C/C(=O)Oc1cnc(-c2ccc(C34CCC(CCCCC)(CC3)CC4)cc2)nc1. The van der Waals surface area contributed by atoms with Gasteiger partial charge in [-0.3, -0.25) is 0 Å². The smallest absolute Gasteiger partial charge is 0.335 e. The van der Waals surface area contributed by atoms with E-state index in [2.05, 4.69) is 41.2 Å². The van der Waals surface area contributed by atoms with Gasteiger partial charge in [-0.15, -0.1) is 0 Å². The van der Waals surface area contributed by atoms with Gasteiger partial charge in [0.1, 0.15) is 0 Å². The Hall–Kier alpha value is -2.49. The van der Waals surface area contributed by atoms with E-state index in [1.807, 2.05) is 6.92 Å². The monoisotopic (exact) mass is 432 g/mol. The summed E-state index contributed by atoms with van der Waals surface area (Å²) in [7, 11) is 0. The Morgan fingerprint density at radius 2 is 1.62 bits per heavy atom. The Labute approximate surface area is 192 Å². The van der Waals surface area contributed by atoms with Crippen LogP contribution in [0.5, 0.6) is 5.75 Å². The summed E-state index contributed by atoms with van der Waals surface area (Å²) < 4.78 is 5.23. The molecular weight excluding hydrogens is 396 g/mol. The molecule has 170 valence electrons. The number of esters is 1. The number of aromatic nitrogens is 2. The van der Waals surface area contributed by atoms with Crippen LogP contribution in [0.25, 0.3) is 11.4 Å². The average Bonchev–Trinajstić information content (AvgIpc) is 2.85. The van der Waals surface area contributed by atoms with Crippen LogP contribution >= 0.6 is 0 Å². The van der Waals surface area contributed by atoms with Crippen molar-refractivity contribution in [1.29, 1.82) is 0 Å². The normalized spacial score (nSPS) is 24.7. The van der Waals surface area contributed by atoms with Crippen LogP contribution in [0, 0.1) is 5.41 Å². The maximum atomic E-state index is 11.7. The minimum atomic E-state index is -0.402. The summed E-state index contributed by atoms with van der Waals surface area (Å²) in [6.07, 6.45) is 20.9. The second-order valence-corrected chi connectivity index (χ2v) is 9.79. The van der Waals surface area contributed by atoms with Gasteiger partial charge < -0.3 is 4.74 Å². The molecule has 32 heavy (non-hydrogen) atoms. The lowest BCUT2D eigenvalue weighted by Gasteiger charge is -2.54. The molecule has 0 saturated heterocycles. The average molecular weight is 433 g/mol. The zero-order chi connectivity index (χ0) is 22.4. The van der Waals surface area contributed by atoms with Gasteiger partial charge in [-0.25, -0.2) is 14.8 Å². The number of rotatable bonds is 9. The molecule has 0 aliphatic heterocycles. The lowest BCUT2D eigenvalue weighted by atomic mass is 9.51. The predicted octanol–water partition coefficient (Wildman–Crippen LogP) is 7.19. The van der Waals surface area contributed by atoms with E-state index in [0.29, 0.717) is 22.4 Å². The molecule has 3 fully saturated rings. The first-order chi connectivity index (χ1) is 15.6. The topological polar surface area (TPSA) is 52.1 Å². The van der Waals surface area contributed by atoms with Crippen molar-refractivity contribution in [2.24, 2.45) is 5.41 Å². The van der Waals surface area contributed by atoms with Crippen LogP contribution in [0.1, 0.15) is 90.0 Å². The molecule has 1 aromatic heterocycles. The highest BCUT2D eigenvalue weighted by Crippen LogP contribution is 2.59. The summed E-state index contributed by atoms with van der Waals surface area (Å²) in [5, 5.41) is 0. The van der Waals surface area contributed by atoms with Gasteiger partial charge in [0.2, 0.25) is 0 Å². The first-order valence-corrected chi connectivity index (χ1v) is 12.4. The molecule has 0 N–H and O–H groups in total. The van der Waals surface area contributed by atoms with Gasteiger partial charge in [0.05, 0.1) is 12.4 Å². The molecule has 0 atom stereocenters. The predicted molar refractivity (Wildman–Crippen MR) is 128 cm³/mol. The standard InChI is InChI=1S/C28H36N2O2/c1-3-5-7-13-27-14-17-28(18-15-27,19-16-27)23-11-9-22(10-12-23)26-29-20-24(21-30-26)32-25(31)8-6-4-2/h6,8-12,20-21H,3-5,7,13-19H2,1-2H3/b8-6+. The molecule has 5 rings (SSSR count). The van der Waals surface area contributed by atoms with Crippen LogP contribution in [0.3, 0.4) is 0 Å². The fraction of sp³-hybridized carbons (Fsp3) is 0.536. The van der Waals surface area contributed by atoms with Crippen LogP contribution in [0.2, 0.25) is 0 Å². The Balaban J connectivity index is 1.39. The van der Waals surface area contributed by atoms with E-state index in [0.717, 1.165) is 12.0 Å². The molecule has 0 spiro atoms. The van der Waals surface area contributed by atoms with Crippen LogP contribution in [-0.4, -0.2) is 15.9 Å². The van der Waals surface area contributed by atoms with E-state index in [1.165, 1.54) is 75.8 Å². The fourth-order valence-corrected chi connectivity index (χ4v) is 5.68. The van der Waals surface area contributed by atoms with Gasteiger partial charge in [-0.1, -0.05) is 63.5 Å². The number of unbranched alkanes of at least 4 members (excludes halogenated alkanes) is 2. The molecule has 3 saturated carbocycles. The van der Waals surface area contributed by atoms with Crippen molar-refractivity contribution in [2.45, 2.75) is 89.9 Å². The molecule has 0 radical (unpaired) electrons. The summed E-state index contributed by atoms with van der Waals surface area (Å²) in [4.78, 5) is 20.5. The van der Waals surface area contributed by atoms with E-state index < -0.39 is 5.97 Å². The zero-order valence-corrected chi connectivity index (χ0v) is 19.6. The number of carbonyl (C=O) groups excluding carboxylic acids is 1. The highest BCUT2D eigenvalue weighted by molar-refractivity contribution is 5.83. The molecule has 3 aliphatic rings. The Morgan fingerprint density at radius 1 is 0.969 bits per heavy atom. The molecular formula is C28H36N2O2. The van der Waals surface area contributed by atoms with Gasteiger partial charge in [0.15, 0.2) is 11.6 Å². The maximum Gasteiger partial charge on any atom is 0.335 e. The van der Waals surface area contributed by atoms with Crippen molar-refractivity contribution in [3.63, 3.8) is 0 Å². The van der Waals surface area contributed by atoms with Gasteiger partial charge >= 0.3 is 5.97 Å². The third-order valence-electron chi connectivity index (χ3n) is 7.80. The molecule has 2 bridgehead atoms. The summed E-state index contributed by atoms with van der Waals surface area (Å²) in [5.74, 6) is 0.614. The van der Waals surface area contributed by atoms with E-state index in [-0.39, 0.29) is 0 Å². The number of hydrogen-bond donors (Lipinski definition) is 0. The summed E-state index contributed by atoms with van der Waals surface area (Å²) in [6, 6.07) is 8.87. The van der Waals surface area contributed by atoms with Crippen LogP contribution < -0.4 is 4.74 Å². The third-order valence-corrected chi connectivity index (χ3v) is 7.80. The molecule has 4 heteroatoms. The second kappa shape index (κ2) is 9.97. The van der Waals surface area contributed by atoms with Gasteiger partial charge in [0.25, 0.3) is 0 Å². The summed E-state index contributed by atoms with van der Waals surface area (Å²) in [5.41, 5.74) is 3.49. The number of carbonyl (C=O) groups is 1. The molecule has 4 nitrogen and oxygen atoms in total. The number of hydrogen-bond acceptors (Lipinski definition) is 4. The van der Waals surface area contributed by atoms with Crippen LogP contribution in [0.15, 0.2) is 48.8 Å². The zero-order valence-electron chi connectivity index (χ0n) is 19.6. The van der Waals surface area contributed by atoms with Crippen LogP contribution in [0.4, 0.5) is 0 Å². The van der Waals surface area contributed by atoms with Crippen LogP contribution in [-0.2, 0) is 10.2 Å². The van der Waals surface area contributed by atoms with Crippen molar-refractivity contribution in [3.8, 4) is 17.1 Å². The number of benzene rings is 1. The number of fused-ring (bicyclic) bond motifs is 3. The van der Waals surface area contributed by atoms with E-state index >= 15 is 0 Å². The number of ether oxygens (including phenoxy) is 1. The quantitative estimate of drug-likeness (QED) is 0.239. The van der Waals surface area contributed by atoms with Crippen molar-refractivity contribution in [2.75, 3.05) is 0 Å². The highest BCUT2D eigenvalue weighted by atomic mass is 16.5. The lowest BCUT2D eigenvalue weighted by Crippen LogP contribution is -2.44. The van der Waals surface area contributed by atoms with Gasteiger partial charge in [0, 0.05) is 11.6 Å². The molecule has 0 unspecified atom stereocenters. The van der Waals surface area contributed by atoms with E-state index in [9.17, 15) is 4.79 Å². The molecule has 2 aromatic rings. The Bertz CT molecular complexity index is 906. The van der Waals surface area contributed by atoms with Crippen molar-refractivity contribution < 1.29 is 9.53 Å². The summed E-state index contributed by atoms with van der Waals surface area (Å²) in [6.45, 7) is 4.27. The first-order valence-electron chi connectivity index (χ1n) is 12.4. The molecule has 1 heterocycles. The van der Waals surface area contributed by atoms with Gasteiger partial charge in [-0.05, 0) is 67.8 Å². The second-order valence-electron chi connectivity index (χ2n) is 9.79. The molecule has 3 aliphatic carbocycles. The summed E-state index contributed by atoms with van der Waals surface area (Å²) >= 11 is 0. The number of nitrogens with zero attached hydrogens (tertiary/aromatic N) is 2. The minimum Gasteiger partial charge on any atom is -0.420 e. The van der Waals surface area contributed by atoms with Gasteiger partial charge in [-0.2, -0.15) is 0 Å².